The first kappa shape index (κ1) is 10.7. The van der Waals surface area contributed by atoms with Crippen LogP contribution in [0, 0.1) is 0 Å². The van der Waals surface area contributed by atoms with Gasteiger partial charge in [0.15, 0.2) is 5.71 Å². The van der Waals surface area contributed by atoms with Crippen LogP contribution in [0.1, 0.15) is 5.56 Å². The van der Waals surface area contributed by atoms with Crippen molar-refractivity contribution in [1.82, 2.24) is 0 Å². The SMILES string of the molecule is C[S+]([O-])N=C1C(=O)Nc2cccc(Br)c21. The number of hydrogen-bond donors (Lipinski definition) is 1. The van der Waals surface area contributed by atoms with Crippen molar-refractivity contribution < 1.29 is 9.35 Å². The highest BCUT2D eigenvalue weighted by Crippen LogP contribution is 2.30. The molecule has 1 atom stereocenters. The number of halogens is 1. The summed E-state index contributed by atoms with van der Waals surface area (Å²) in [5.74, 6) is -0.313. The molecule has 0 saturated carbocycles. The molecule has 1 aliphatic heterocycles. The molecule has 1 aromatic rings. The molecule has 0 spiro atoms. The molecule has 6 heteroatoms. The topological polar surface area (TPSA) is 64.5 Å². The molecule has 15 heavy (non-hydrogen) atoms. The molecule has 0 bridgehead atoms. The fraction of sp³-hybridized carbons (Fsp3) is 0.111. The van der Waals surface area contributed by atoms with Crippen molar-refractivity contribution in [2.45, 2.75) is 0 Å². The maximum Gasteiger partial charge on any atom is 0.279 e. The predicted octanol–water partition coefficient (Wildman–Crippen LogP) is 1.48. The highest BCUT2D eigenvalue weighted by atomic mass is 79.9. The van der Waals surface area contributed by atoms with E-state index in [0.717, 1.165) is 4.47 Å². The van der Waals surface area contributed by atoms with Crippen molar-refractivity contribution >= 4 is 44.6 Å². The molecule has 78 valence electrons. The fourth-order valence-corrected chi connectivity index (χ4v) is 2.36. The standard InChI is InChI=1S/C9H7BrN2O2S/c1-15(14)12-8-7-5(10)3-2-4-6(7)11-9(8)13/h2-4H,1H3,(H,11,12,13). The first-order valence-corrected chi connectivity index (χ1v) is 6.43. The quantitative estimate of drug-likeness (QED) is 0.795. The minimum absolute atomic E-state index is 0.221. The molecular formula is C9H7BrN2O2S. The Morgan fingerprint density at radius 2 is 2.27 bits per heavy atom. The van der Waals surface area contributed by atoms with E-state index in [0.29, 0.717) is 11.3 Å². The van der Waals surface area contributed by atoms with E-state index in [1.54, 1.807) is 6.07 Å². The van der Waals surface area contributed by atoms with Gasteiger partial charge >= 0.3 is 0 Å². The highest BCUT2D eigenvalue weighted by Gasteiger charge is 2.30. The third kappa shape index (κ3) is 1.92. The van der Waals surface area contributed by atoms with Crippen LogP contribution in [0.25, 0.3) is 0 Å². The Kier molecular flexibility index (Phi) is 2.81. The van der Waals surface area contributed by atoms with Gasteiger partial charge in [-0.25, -0.2) is 0 Å². The second-order valence-corrected chi connectivity index (χ2v) is 4.86. The van der Waals surface area contributed by atoms with Crippen LogP contribution in [0.3, 0.4) is 0 Å². The Bertz CT molecular complexity index is 459. The number of carbonyl (C=O) groups excluding carboxylic acids is 1. The number of hydrogen-bond acceptors (Lipinski definition) is 3. The van der Waals surface area contributed by atoms with Crippen molar-refractivity contribution in [3.63, 3.8) is 0 Å². The van der Waals surface area contributed by atoms with Gasteiger partial charge in [0.1, 0.15) is 6.26 Å². The van der Waals surface area contributed by atoms with Crippen molar-refractivity contribution in [3.8, 4) is 0 Å². The Morgan fingerprint density at radius 3 is 2.93 bits per heavy atom. The summed E-state index contributed by atoms with van der Waals surface area (Å²) in [5, 5.41) is 2.66. The van der Waals surface area contributed by atoms with Crippen molar-refractivity contribution in [3.05, 3.63) is 28.2 Å². The van der Waals surface area contributed by atoms with Gasteiger partial charge in [-0.2, -0.15) is 0 Å². The van der Waals surface area contributed by atoms with E-state index in [9.17, 15) is 9.35 Å². The number of anilines is 1. The lowest BCUT2D eigenvalue weighted by molar-refractivity contribution is -0.110. The maximum atomic E-state index is 11.5. The number of rotatable bonds is 1. The molecule has 1 unspecified atom stereocenters. The van der Waals surface area contributed by atoms with E-state index >= 15 is 0 Å². The second-order valence-electron chi connectivity index (χ2n) is 2.98. The number of fused-ring (bicyclic) bond motifs is 1. The van der Waals surface area contributed by atoms with Crippen molar-refractivity contribution in [2.75, 3.05) is 11.6 Å². The molecule has 1 heterocycles. The van der Waals surface area contributed by atoms with Crippen LogP contribution >= 0.6 is 15.9 Å². The predicted molar refractivity (Wildman–Crippen MR) is 63.4 cm³/mol. The summed E-state index contributed by atoms with van der Waals surface area (Å²) >= 11 is 1.95. The molecule has 1 N–H and O–H groups in total. The molecular weight excluding hydrogens is 280 g/mol. The summed E-state index contributed by atoms with van der Waals surface area (Å²) in [6.07, 6.45) is 1.43. The number of nitrogens with one attached hydrogen (secondary N) is 1. The van der Waals surface area contributed by atoms with E-state index in [2.05, 4.69) is 25.6 Å². The Balaban J connectivity index is 2.58. The minimum Gasteiger partial charge on any atom is -0.591 e. The Morgan fingerprint density at radius 1 is 1.53 bits per heavy atom. The van der Waals surface area contributed by atoms with Crippen molar-refractivity contribution in [2.24, 2.45) is 4.40 Å². The summed E-state index contributed by atoms with van der Waals surface area (Å²) in [6.45, 7) is 0. The normalized spacial score (nSPS) is 18.9. The Labute approximate surface area is 98.2 Å². The zero-order valence-electron chi connectivity index (χ0n) is 7.78. The van der Waals surface area contributed by atoms with Crippen LogP contribution in [0.4, 0.5) is 5.69 Å². The van der Waals surface area contributed by atoms with Gasteiger partial charge in [0.2, 0.25) is 0 Å². The first-order valence-electron chi connectivity index (χ1n) is 4.12. The lowest BCUT2D eigenvalue weighted by atomic mass is 10.1. The molecule has 0 saturated heterocycles. The van der Waals surface area contributed by atoms with Gasteiger partial charge in [0, 0.05) is 10.0 Å². The largest absolute Gasteiger partial charge is 0.591 e. The zero-order chi connectivity index (χ0) is 11.0. The van der Waals surface area contributed by atoms with E-state index < -0.39 is 11.4 Å². The van der Waals surface area contributed by atoms with Gasteiger partial charge in [-0.15, -0.1) is 0 Å². The summed E-state index contributed by atoms with van der Waals surface area (Å²) in [5.41, 5.74) is 1.59. The summed E-state index contributed by atoms with van der Waals surface area (Å²) < 4.78 is 15.6. The van der Waals surface area contributed by atoms with Crippen LogP contribution < -0.4 is 5.32 Å². The molecule has 0 radical (unpaired) electrons. The molecule has 4 nitrogen and oxygen atoms in total. The van der Waals surface area contributed by atoms with E-state index in [-0.39, 0.29) is 11.6 Å². The summed E-state index contributed by atoms with van der Waals surface area (Å²) in [6, 6.07) is 5.40. The van der Waals surface area contributed by atoms with Gasteiger partial charge in [-0.1, -0.05) is 26.4 Å². The highest BCUT2D eigenvalue weighted by molar-refractivity contribution is 9.10. The lowest BCUT2D eigenvalue weighted by Crippen LogP contribution is -2.16. The van der Waals surface area contributed by atoms with E-state index in [4.69, 9.17) is 0 Å². The van der Waals surface area contributed by atoms with Gasteiger partial charge in [0.25, 0.3) is 5.91 Å². The number of amides is 1. The molecule has 1 aromatic carbocycles. The third-order valence-corrected chi connectivity index (χ3v) is 3.03. The minimum atomic E-state index is -1.39. The van der Waals surface area contributed by atoms with Gasteiger partial charge in [-0.05, 0) is 12.1 Å². The lowest BCUT2D eigenvalue weighted by Gasteiger charge is -2.00. The van der Waals surface area contributed by atoms with Gasteiger partial charge < -0.3 is 9.87 Å². The van der Waals surface area contributed by atoms with Crippen LogP contribution in [-0.2, 0) is 16.2 Å². The average Bonchev–Trinajstić information content (AvgIpc) is 2.43. The molecule has 1 amide bonds. The smallest absolute Gasteiger partial charge is 0.279 e. The van der Waals surface area contributed by atoms with E-state index in [1.165, 1.54) is 6.26 Å². The number of carbonyl (C=O) groups is 1. The molecule has 2 rings (SSSR count). The summed E-state index contributed by atoms with van der Waals surface area (Å²) in [4.78, 5) is 11.5. The first-order chi connectivity index (χ1) is 7.09. The molecule has 0 aliphatic carbocycles. The number of nitrogens with zero attached hydrogens (tertiary/aromatic N) is 1. The zero-order valence-corrected chi connectivity index (χ0v) is 10.2. The van der Waals surface area contributed by atoms with Crippen molar-refractivity contribution in [1.29, 1.82) is 0 Å². The van der Waals surface area contributed by atoms with Gasteiger partial charge in [0.05, 0.1) is 17.0 Å². The summed E-state index contributed by atoms with van der Waals surface area (Å²) in [7, 11) is 0. The molecule has 1 aliphatic rings. The monoisotopic (exact) mass is 286 g/mol. The van der Waals surface area contributed by atoms with Crippen LogP contribution in [0.2, 0.25) is 0 Å². The Hall–Kier alpha value is -0.850. The van der Waals surface area contributed by atoms with Crippen LogP contribution in [0.5, 0.6) is 0 Å². The van der Waals surface area contributed by atoms with Gasteiger partial charge in [-0.3, -0.25) is 4.79 Å². The fourth-order valence-electron chi connectivity index (χ4n) is 1.38. The second kappa shape index (κ2) is 3.96. The third-order valence-electron chi connectivity index (χ3n) is 1.93. The molecule has 0 aromatic heterocycles. The molecule has 0 fully saturated rings. The average molecular weight is 287 g/mol. The van der Waals surface area contributed by atoms with E-state index in [1.807, 2.05) is 12.1 Å². The maximum absolute atomic E-state index is 11.5. The van der Waals surface area contributed by atoms with Crippen LogP contribution in [-0.4, -0.2) is 22.4 Å². The number of benzene rings is 1. The van der Waals surface area contributed by atoms with Crippen LogP contribution in [0.15, 0.2) is 27.1 Å².